The number of non-ortho nitro benzene ring substituents is 1. The molecule has 3 rings (SSSR count). The lowest BCUT2D eigenvalue weighted by molar-refractivity contribution is -0.384. The van der Waals surface area contributed by atoms with Crippen LogP contribution in [-0.4, -0.2) is 61.7 Å². The zero-order chi connectivity index (χ0) is 22.9. The fraction of sp³-hybridized carbons (Fsp3) is 0.235. The van der Waals surface area contributed by atoms with Crippen LogP contribution < -0.4 is 16.2 Å². The number of thioether (sulfide) groups is 1. The van der Waals surface area contributed by atoms with Gasteiger partial charge >= 0.3 is 5.97 Å². The summed E-state index contributed by atoms with van der Waals surface area (Å²) in [6, 6.07) is 3.71. The number of rotatable bonds is 5. The van der Waals surface area contributed by atoms with E-state index in [4.69, 9.17) is 0 Å². The van der Waals surface area contributed by atoms with Crippen LogP contribution in [0.3, 0.4) is 0 Å². The number of nitro groups is 1. The van der Waals surface area contributed by atoms with Crippen LogP contribution in [0.4, 0.5) is 5.69 Å². The molecule has 4 N–H and O–H groups in total. The van der Waals surface area contributed by atoms with Gasteiger partial charge in [0.25, 0.3) is 23.4 Å². The Morgan fingerprint density at radius 3 is 2.35 bits per heavy atom. The van der Waals surface area contributed by atoms with Crippen LogP contribution in [0.1, 0.15) is 17.3 Å². The summed E-state index contributed by atoms with van der Waals surface area (Å²) in [6.07, 6.45) is 0. The second-order valence-electron chi connectivity index (χ2n) is 6.43. The van der Waals surface area contributed by atoms with Crippen LogP contribution in [0.15, 0.2) is 35.5 Å². The minimum atomic E-state index is -1.51. The minimum absolute atomic E-state index is 0.0780. The standard InChI is InChI=1S/C17H15N5O8S/c1-7(23)19-20-14(25)10-6-31-16-11(15(26)21(16)12(10)17(27)28)18-13(24)8-2-4-9(5-3-8)22(29)30/h2-5,11,16H,6H2,1H3,(H,18,24)(H,19,23)(H,20,25)(H,27,28)/t11?,16-/m1/s1. The molecule has 2 atom stereocenters. The Balaban J connectivity index is 1.75. The van der Waals surface area contributed by atoms with Gasteiger partial charge in [-0.05, 0) is 12.1 Å². The van der Waals surface area contributed by atoms with E-state index in [1.807, 2.05) is 5.43 Å². The van der Waals surface area contributed by atoms with Crippen molar-refractivity contribution in [1.82, 2.24) is 21.1 Å². The predicted octanol–water partition coefficient (Wildman–Crippen LogP) is -0.886. The molecule has 4 amide bonds. The third-order valence-electron chi connectivity index (χ3n) is 4.42. The topological polar surface area (TPSA) is 188 Å². The number of aliphatic carboxylic acids is 1. The Kier molecular flexibility index (Phi) is 5.92. The van der Waals surface area contributed by atoms with Gasteiger partial charge in [0.05, 0.1) is 10.5 Å². The van der Waals surface area contributed by atoms with Crippen molar-refractivity contribution >= 4 is 47.0 Å². The Hall–Kier alpha value is -3.94. The molecule has 13 nitrogen and oxygen atoms in total. The Labute approximate surface area is 178 Å². The van der Waals surface area contributed by atoms with Crippen LogP contribution in [0, 0.1) is 10.1 Å². The highest BCUT2D eigenvalue weighted by molar-refractivity contribution is 8.00. The number of nitrogens with one attached hydrogen (secondary N) is 3. The molecule has 2 heterocycles. The fourth-order valence-electron chi connectivity index (χ4n) is 2.97. The average molecular weight is 449 g/mol. The quantitative estimate of drug-likeness (QED) is 0.251. The maximum atomic E-state index is 12.6. The largest absolute Gasteiger partial charge is 0.477 e. The lowest BCUT2D eigenvalue weighted by Crippen LogP contribution is -2.70. The number of benzene rings is 1. The molecule has 31 heavy (non-hydrogen) atoms. The van der Waals surface area contributed by atoms with Crippen molar-refractivity contribution < 1.29 is 34.0 Å². The van der Waals surface area contributed by atoms with Crippen LogP contribution in [0.2, 0.25) is 0 Å². The summed E-state index contributed by atoms with van der Waals surface area (Å²) in [6.45, 7) is 1.15. The van der Waals surface area contributed by atoms with E-state index in [1.54, 1.807) is 0 Å². The van der Waals surface area contributed by atoms with E-state index >= 15 is 0 Å². The number of carboxylic acid groups (broad SMARTS) is 1. The van der Waals surface area contributed by atoms with Crippen molar-refractivity contribution in [2.75, 3.05) is 5.75 Å². The number of carbonyl (C=O) groups excluding carboxylic acids is 4. The summed E-state index contributed by atoms with van der Waals surface area (Å²) >= 11 is 1.07. The SMILES string of the molecule is CC(=O)NNC(=O)C1=C(C(=O)O)N2C(=O)C(NC(=O)c3ccc([N+](=O)[O-])cc3)[C@H]2SC1. The molecule has 0 aromatic heterocycles. The highest BCUT2D eigenvalue weighted by Crippen LogP contribution is 2.40. The zero-order valence-corrected chi connectivity index (χ0v) is 16.6. The monoisotopic (exact) mass is 449 g/mol. The third-order valence-corrected chi connectivity index (χ3v) is 5.70. The maximum Gasteiger partial charge on any atom is 0.353 e. The molecule has 1 aromatic rings. The molecule has 1 unspecified atom stereocenters. The molecule has 1 saturated heterocycles. The number of carbonyl (C=O) groups is 5. The first-order valence-electron chi connectivity index (χ1n) is 8.65. The molecular formula is C17H15N5O8S. The number of nitrogens with zero attached hydrogens (tertiary/aromatic N) is 2. The van der Waals surface area contributed by atoms with E-state index in [1.165, 1.54) is 12.1 Å². The summed E-state index contributed by atoms with van der Waals surface area (Å²) in [5, 5.41) is 22.0. The zero-order valence-electron chi connectivity index (χ0n) is 15.8. The Morgan fingerprint density at radius 2 is 1.81 bits per heavy atom. The van der Waals surface area contributed by atoms with Crippen molar-refractivity contribution in [2.45, 2.75) is 18.3 Å². The van der Waals surface area contributed by atoms with Crippen molar-refractivity contribution in [3.8, 4) is 0 Å². The average Bonchev–Trinajstić information content (AvgIpc) is 2.74. The highest BCUT2D eigenvalue weighted by Gasteiger charge is 2.55. The molecule has 0 aliphatic carbocycles. The first-order chi connectivity index (χ1) is 14.6. The number of nitro benzene ring substituents is 1. The number of amides is 4. The second kappa shape index (κ2) is 8.43. The molecular weight excluding hydrogens is 434 g/mol. The molecule has 0 radical (unpaired) electrons. The summed E-state index contributed by atoms with van der Waals surface area (Å²) in [5.74, 6) is -4.42. The van der Waals surface area contributed by atoms with Crippen molar-refractivity contribution in [3.63, 3.8) is 0 Å². The smallest absolute Gasteiger partial charge is 0.353 e. The van der Waals surface area contributed by atoms with Gasteiger partial charge in [-0.2, -0.15) is 0 Å². The van der Waals surface area contributed by atoms with Gasteiger partial charge in [0, 0.05) is 30.4 Å². The number of carboxylic acids is 1. The van der Waals surface area contributed by atoms with Gasteiger partial charge in [-0.15, -0.1) is 11.8 Å². The molecule has 1 fully saturated rings. The van der Waals surface area contributed by atoms with Gasteiger partial charge in [-0.3, -0.25) is 45.0 Å². The summed E-state index contributed by atoms with van der Waals surface area (Å²) in [4.78, 5) is 70.8. The van der Waals surface area contributed by atoms with E-state index in [2.05, 4.69) is 10.7 Å². The van der Waals surface area contributed by atoms with Crippen LogP contribution in [0.5, 0.6) is 0 Å². The molecule has 0 bridgehead atoms. The van der Waals surface area contributed by atoms with Crippen LogP contribution in [0.25, 0.3) is 0 Å². The lowest BCUT2D eigenvalue weighted by Gasteiger charge is -2.49. The summed E-state index contributed by atoms with van der Waals surface area (Å²) < 4.78 is 0. The first-order valence-corrected chi connectivity index (χ1v) is 9.70. The normalized spacial score (nSPS) is 19.6. The van der Waals surface area contributed by atoms with E-state index in [0.29, 0.717) is 0 Å². The Bertz CT molecular complexity index is 1040. The van der Waals surface area contributed by atoms with Gasteiger partial charge in [0.1, 0.15) is 17.1 Å². The number of hydrogen-bond donors (Lipinski definition) is 4. The van der Waals surface area contributed by atoms with E-state index < -0.39 is 51.6 Å². The molecule has 2 aliphatic heterocycles. The summed E-state index contributed by atoms with van der Waals surface area (Å²) in [7, 11) is 0. The molecule has 0 saturated carbocycles. The number of β-lactam (4-membered cyclic amide) rings is 1. The summed E-state index contributed by atoms with van der Waals surface area (Å²) in [5.41, 5.74) is 3.24. The van der Waals surface area contributed by atoms with Gasteiger partial charge in [-0.1, -0.05) is 0 Å². The predicted molar refractivity (Wildman–Crippen MR) is 104 cm³/mol. The van der Waals surface area contributed by atoms with Gasteiger partial charge in [0.15, 0.2) is 0 Å². The molecule has 1 aromatic carbocycles. The highest BCUT2D eigenvalue weighted by atomic mass is 32.2. The molecule has 162 valence electrons. The van der Waals surface area contributed by atoms with Crippen LogP contribution in [-0.2, 0) is 19.2 Å². The van der Waals surface area contributed by atoms with E-state index in [0.717, 1.165) is 35.7 Å². The van der Waals surface area contributed by atoms with E-state index in [9.17, 15) is 39.2 Å². The Morgan fingerprint density at radius 1 is 1.16 bits per heavy atom. The third kappa shape index (κ3) is 4.18. The van der Waals surface area contributed by atoms with Crippen molar-refractivity contribution in [1.29, 1.82) is 0 Å². The van der Waals surface area contributed by atoms with E-state index in [-0.39, 0.29) is 22.6 Å². The van der Waals surface area contributed by atoms with Crippen LogP contribution >= 0.6 is 11.8 Å². The fourth-order valence-corrected chi connectivity index (χ4v) is 4.31. The number of hydrazine groups is 1. The van der Waals surface area contributed by atoms with Gasteiger partial charge in [0.2, 0.25) is 5.91 Å². The van der Waals surface area contributed by atoms with Gasteiger partial charge < -0.3 is 10.4 Å². The first kappa shape index (κ1) is 21.8. The molecule has 0 spiro atoms. The molecule has 14 heteroatoms. The second-order valence-corrected chi connectivity index (χ2v) is 7.54. The number of fused-ring (bicyclic) bond motifs is 1. The number of hydrogen-bond acceptors (Lipinski definition) is 8. The minimum Gasteiger partial charge on any atom is -0.477 e. The van der Waals surface area contributed by atoms with Crippen molar-refractivity contribution in [2.24, 2.45) is 0 Å². The lowest BCUT2D eigenvalue weighted by atomic mass is 10.0. The van der Waals surface area contributed by atoms with Gasteiger partial charge in [-0.25, -0.2) is 4.79 Å². The maximum absolute atomic E-state index is 12.6. The molecule has 2 aliphatic rings. The van der Waals surface area contributed by atoms with Crippen molar-refractivity contribution in [3.05, 3.63) is 51.2 Å².